The first-order valence-corrected chi connectivity index (χ1v) is 6.34. The number of methoxy groups -OCH3 is 1. The van der Waals surface area contributed by atoms with Gasteiger partial charge in [-0.2, -0.15) is 4.98 Å². The van der Waals surface area contributed by atoms with Crippen molar-refractivity contribution in [3.63, 3.8) is 0 Å². The number of amides is 1. The molecule has 7 heteroatoms. The molecule has 1 atom stereocenters. The second kappa shape index (κ2) is 5.28. The van der Waals surface area contributed by atoms with Crippen LogP contribution < -0.4 is 4.74 Å². The number of hydrogen-bond donors (Lipinski definition) is 0. The molecule has 2 aromatic rings. The Kier molecular flexibility index (Phi) is 3.32. The highest BCUT2D eigenvalue weighted by Gasteiger charge is 2.31. The molecule has 0 saturated carbocycles. The first kappa shape index (κ1) is 12.6. The molecular weight excluding hydrogens is 260 g/mol. The highest BCUT2D eigenvalue weighted by Crippen LogP contribution is 2.27. The van der Waals surface area contributed by atoms with E-state index >= 15 is 0 Å². The summed E-state index contributed by atoms with van der Waals surface area (Å²) in [5, 5.41) is 3.84. The summed E-state index contributed by atoms with van der Waals surface area (Å²) in [6.45, 7) is 1.24. The molecule has 1 amide bonds. The van der Waals surface area contributed by atoms with Crippen LogP contribution in [0.4, 0.5) is 0 Å². The van der Waals surface area contributed by atoms with Crippen LogP contribution in [0.1, 0.15) is 28.5 Å². The van der Waals surface area contributed by atoms with E-state index in [9.17, 15) is 4.79 Å². The lowest BCUT2D eigenvalue weighted by Crippen LogP contribution is -2.29. The van der Waals surface area contributed by atoms with Crippen molar-refractivity contribution < 1.29 is 14.1 Å². The first-order valence-electron chi connectivity index (χ1n) is 6.34. The maximum atomic E-state index is 12.5. The Labute approximate surface area is 115 Å². The highest BCUT2D eigenvalue weighted by atomic mass is 16.5. The number of pyridine rings is 1. The Morgan fingerprint density at radius 3 is 3.15 bits per heavy atom. The molecule has 0 spiro atoms. The van der Waals surface area contributed by atoms with E-state index in [2.05, 4.69) is 15.1 Å². The summed E-state index contributed by atoms with van der Waals surface area (Å²) in [7, 11) is 1.51. The molecule has 7 nitrogen and oxygen atoms in total. The molecule has 1 fully saturated rings. The van der Waals surface area contributed by atoms with Crippen LogP contribution in [-0.2, 0) is 0 Å². The van der Waals surface area contributed by atoms with Gasteiger partial charge < -0.3 is 14.2 Å². The van der Waals surface area contributed by atoms with Gasteiger partial charge in [-0.15, -0.1) is 0 Å². The fourth-order valence-corrected chi connectivity index (χ4v) is 2.40. The Hall–Kier alpha value is -2.44. The zero-order chi connectivity index (χ0) is 13.9. The van der Waals surface area contributed by atoms with Crippen LogP contribution in [0, 0.1) is 0 Å². The van der Waals surface area contributed by atoms with E-state index in [1.807, 2.05) is 0 Å². The van der Waals surface area contributed by atoms with E-state index in [0.29, 0.717) is 30.4 Å². The predicted molar refractivity (Wildman–Crippen MR) is 68.3 cm³/mol. The minimum Gasteiger partial charge on any atom is -0.480 e. The average molecular weight is 274 g/mol. The van der Waals surface area contributed by atoms with Gasteiger partial charge in [0.05, 0.1) is 7.11 Å². The lowest BCUT2D eigenvalue weighted by atomic mass is 10.1. The van der Waals surface area contributed by atoms with Gasteiger partial charge >= 0.3 is 0 Å². The molecule has 3 rings (SSSR count). The van der Waals surface area contributed by atoms with Crippen LogP contribution in [0.15, 0.2) is 29.2 Å². The summed E-state index contributed by atoms with van der Waals surface area (Å²) in [6.07, 6.45) is 3.74. The third-order valence-corrected chi connectivity index (χ3v) is 3.41. The van der Waals surface area contributed by atoms with Crippen LogP contribution in [0.5, 0.6) is 5.88 Å². The third kappa shape index (κ3) is 2.22. The van der Waals surface area contributed by atoms with E-state index in [4.69, 9.17) is 9.26 Å². The van der Waals surface area contributed by atoms with E-state index in [1.165, 1.54) is 13.5 Å². The number of nitrogens with zero attached hydrogens (tertiary/aromatic N) is 4. The van der Waals surface area contributed by atoms with Gasteiger partial charge in [-0.25, -0.2) is 4.98 Å². The van der Waals surface area contributed by atoms with Crippen molar-refractivity contribution in [3.8, 4) is 5.88 Å². The quantitative estimate of drug-likeness (QED) is 0.833. The minimum atomic E-state index is -0.0825. The van der Waals surface area contributed by atoms with Crippen molar-refractivity contribution in [2.75, 3.05) is 20.2 Å². The number of carbonyl (C=O) groups is 1. The molecule has 0 N–H and O–H groups in total. The van der Waals surface area contributed by atoms with E-state index in [1.54, 1.807) is 23.2 Å². The molecule has 1 saturated heterocycles. The standard InChI is InChI=1S/C13H14N4O3/c1-19-12-10(3-2-5-14-12)13(18)17-6-4-9(7-17)11-15-8-20-16-11/h2-3,5,8-9H,4,6-7H2,1H3/t9-/m0/s1. The predicted octanol–water partition coefficient (Wildman–Crippen LogP) is 1.10. The first-order chi connectivity index (χ1) is 9.79. The maximum Gasteiger partial charge on any atom is 0.259 e. The van der Waals surface area contributed by atoms with Gasteiger partial charge in [0, 0.05) is 25.2 Å². The molecule has 0 bridgehead atoms. The molecule has 2 aromatic heterocycles. The lowest BCUT2D eigenvalue weighted by Gasteiger charge is -2.16. The number of hydrogen-bond acceptors (Lipinski definition) is 6. The lowest BCUT2D eigenvalue weighted by molar-refractivity contribution is 0.0786. The largest absolute Gasteiger partial charge is 0.480 e. The third-order valence-electron chi connectivity index (χ3n) is 3.41. The normalized spacial score (nSPS) is 18.2. The Bertz CT molecular complexity index is 599. The molecule has 3 heterocycles. The van der Waals surface area contributed by atoms with Gasteiger partial charge in [0.1, 0.15) is 5.56 Å². The van der Waals surface area contributed by atoms with Gasteiger partial charge in [0.25, 0.3) is 5.91 Å². The summed E-state index contributed by atoms with van der Waals surface area (Å²) in [5.74, 6) is 1.04. The smallest absolute Gasteiger partial charge is 0.259 e. The van der Waals surface area contributed by atoms with Crippen molar-refractivity contribution in [2.24, 2.45) is 0 Å². The van der Waals surface area contributed by atoms with Crippen molar-refractivity contribution in [1.29, 1.82) is 0 Å². The number of likely N-dealkylation sites (tertiary alicyclic amines) is 1. The van der Waals surface area contributed by atoms with Crippen LogP contribution in [0.2, 0.25) is 0 Å². The second-order valence-corrected chi connectivity index (χ2v) is 4.59. The van der Waals surface area contributed by atoms with Gasteiger partial charge in [-0.1, -0.05) is 5.16 Å². The summed E-state index contributed by atoms with van der Waals surface area (Å²) >= 11 is 0. The van der Waals surface area contributed by atoms with E-state index < -0.39 is 0 Å². The molecular formula is C13H14N4O3. The molecule has 104 valence electrons. The Morgan fingerprint density at radius 1 is 1.50 bits per heavy atom. The number of carbonyl (C=O) groups excluding carboxylic acids is 1. The van der Waals surface area contributed by atoms with Crippen molar-refractivity contribution in [3.05, 3.63) is 36.1 Å². The van der Waals surface area contributed by atoms with Crippen molar-refractivity contribution in [2.45, 2.75) is 12.3 Å². The Balaban J connectivity index is 1.76. The van der Waals surface area contributed by atoms with Gasteiger partial charge in [0.2, 0.25) is 12.3 Å². The maximum absolute atomic E-state index is 12.5. The monoisotopic (exact) mass is 274 g/mol. The molecule has 1 aliphatic rings. The molecule has 0 aliphatic carbocycles. The van der Waals surface area contributed by atoms with Gasteiger partial charge in [0.15, 0.2) is 5.82 Å². The van der Waals surface area contributed by atoms with E-state index in [-0.39, 0.29) is 11.8 Å². The summed E-state index contributed by atoms with van der Waals surface area (Å²) < 4.78 is 9.88. The van der Waals surface area contributed by atoms with Crippen LogP contribution in [0.25, 0.3) is 0 Å². The molecule has 1 aliphatic heterocycles. The summed E-state index contributed by atoms with van der Waals surface area (Å²) in [5.41, 5.74) is 0.476. The molecule has 0 radical (unpaired) electrons. The number of ether oxygens (including phenoxy) is 1. The zero-order valence-electron chi connectivity index (χ0n) is 11.0. The molecule has 0 unspecified atom stereocenters. The Morgan fingerprint density at radius 2 is 2.40 bits per heavy atom. The van der Waals surface area contributed by atoms with Crippen LogP contribution in [0.3, 0.4) is 0 Å². The fraction of sp³-hybridized carbons (Fsp3) is 0.385. The van der Waals surface area contributed by atoms with Crippen molar-refractivity contribution >= 4 is 5.91 Å². The van der Waals surface area contributed by atoms with Crippen molar-refractivity contribution in [1.82, 2.24) is 20.0 Å². The van der Waals surface area contributed by atoms with Crippen LogP contribution >= 0.6 is 0 Å². The number of aromatic nitrogens is 3. The zero-order valence-corrected chi connectivity index (χ0v) is 11.0. The molecule has 0 aromatic carbocycles. The van der Waals surface area contributed by atoms with Gasteiger partial charge in [-0.05, 0) is 18.6 Å². The highest BCUT2D eigenvalue weighted by molar-refractivity contribution is 5.96. The minimum absolute atomic E-state index is 0.0825. The summed E-state index contributed by atoms with van der Waals surface area (Å²) in [4.78, 5) is 22.3. The van der Waals surface area contributed by atoms with E-state index in [0.717, 1.165) is 6.42 Å². The number of rotatable bonds is 3. The second-order valence-electron chi connectivity index (χ2n) is 4.59. The summed E-state index contributed by atoms with van der Waals surface area (Å²) in [6, 6.07) is 3.44. The fourth-order valence-electron chi connectivity index (χ4n) is 2.40. The molecule has 20 heavy (non-hydrogen) atoms. The SMILES string of the molecule is COc1ncccc1C(=O)N1CC[C@H](c2ncon2)C1. The van der Waals surface area contributed by atoms with Gasteiger partial charge in [-0.3, -0.25) is 4.79 Å². The topological polar surface area (TPSA) is 81.4 Å². The average Bonchev–Trinajstić information content (AvgIpc) is 3.16. The van der Waals surface area contributed by atoms with Crippen LogP contribution in [-0.4, -0.2) is 46.1 Å².